The topological polar surface area (TPSA) is 6.48 Å². The van der Waals surface area contributed by atoms with Crippen LogP contribution in [0.3, 0.4) is 0 Å². The van der Waals surface area contributed by atoms with E-state index in [1.807, 2.05) is 0 Å². The fourth-order valence-corrected chi connectivity index (χ4v) is 2.48. The van der Waals surface area contributed by atoms with Gasteiger partial charge < -0.3 is 4.90 Å². The minimum absolute atomic E-state index is 0.795. The van der Waals surface area contributed by atoms with Crippen LogP contribution in [-0.2, 0) is 0 Å². The average molecular weight is 226 g/mol. The van der Waals surface area contributed by atoms with Crippen molar-refractivity contribution in [2.45, 2.75) is 58.4 Å². The van der Waals surface area contributed by atoms with E-state index >= 15 is 0 Å². The Balaban J connectivity index is 2.33. The second-order valence-corrected chi connectivity index (χ2v) is 5.34. The monoisotopic (exact) mass is 226 g/mol. The molecule has 1 fully saturated rings. The van der Waals surface area contributed by atoms with Gasteiger partial charge in [-0.3, -0.25) is 4.90 Å². The van der Waals surface area contributed by atoms with Crippen LogP contribution in [0.5, 0.6) is 0 Å². The zero-order valence-electron chi connectivity index (χ0n) is 11.5. The lowest BCUT2D eigenvalue weighted by atomic mass is 10.1. The van der Waals surface area contributed by atoms with Gasteiger partial charge in [0.25, 0.3) is 0 Å². The molecule has 0 bridgehead atoms. The van der Waals surface area contributed by atoms with Gasteiger partial charge >= 0.3 is 0 Å². The van der Waals surface area contributed by atoms with Crippen LogP contribution in [0.15, 0.2) is 0 Å². The van der Waals surface area contributed by atoms with Crippen molar-refractivity contribution in [3.63, 3.8) is 0 Å². The lowest BCUT2D eigenvalue weighted by Crippen LogP contribution is -2.39. The van der Waals surface area contributed by atoms with Gasteiger partial charge in [0, 0.05) is 19.1 Å². The van der Waals surface area contributed by atoms with E-state index in [0.29, 0.717) is 0 Å². The van der Waals surface area contributed by atoms with Crippen LogP contribution in [0.1, 0.15) is 52.4 Å². The Labute approximate surface area is 102 Å². The molecule has 1 aliphatic heterocycles. The van der Waals surface area contributed by atoms with Gasteiger partial charge in [-0.15, -0.1) is 0 Å². The summed E-state index contributed by atoms with van der Waals surface area (Å²) in [5, 5.41) is 0. The van der Waals surface area contributed by atoms with Crippen molar-refractivity contribution in [1.29, 1.82) is 0 Å². The van der Waals surface area contributed by atoms with Crippen LogP contribution in [0.25, 0.3) is 0 Å². The molecule has 1 aliphatic rings. The maximum atomic E-state index is 2.71. The maximum absolute atomic E-state index is 2.71. The number of likely N-dealkylation sites (N-methyl/N-ethyl adjacent to an activating group) is 1. The van der Waals surface area contributed by atoms with E-state index in [1.54, 1.807) is 0 Å². The van der Waals surface area contributed by atoms with Gasteiger partial charge in [-0.05, 0) is 39.9 Å². The largest absolute Gasteiger partial charge is 0.305 e. The molecule has 1 heterocycles. The predicted octanol–water partition coefficient (Wildman–Crippen LogP) is 2.98. The molecule has 96 valence electrons. The van der Waals surface area contributed by atoms with Crippen molar-refractivity contribution < 1.29 is 0 Å². The Morgan fingerprint density at radius 2 is 1.81 bits per heavy atom. The fraction of sp³-hybridized carbons (Fsp3) is 1.00. The quantitative estimate of drug-likeness (QED) is 0.727. The van der Waals surface area contributed by atoms with Gasteiger partial charge in [0.15, 0.2) is 0 Å². The molecule has 0 aromatic heterocycles. The van der Waals surface area contributed by atoms with E-state index in [-0.39, 0.29) is 0 Å². The standard InChI is InChI=1S/C14H30N2/c1-4-15(3)12-13-16-11-9-7-5-6-8-10-14(16)2/h14H,4-13H2,1-3H3. The summed E-state index contributed by atoms with van der Waals surface area (Å²) >= 11 is 0. The third-order valence-electron chi connectivity index (χ3n) is 4.00. The average Bonchev–Trinajstić information content (AvgIpc) is 2.39. The molecule has 1 saturated heterocycles. The minimum atomic E-state index is 0.795. The molecule has 0 amide bonds. The highest BCUT2D eigenvalue weighted by Gasteiger charge is 2.14. The highest BCUT2D eigenvalue weighted by Crippen LogP contribution is 2.15. The Morgan fingerprint density at radius 3 is 2.56 bits per heavy atom. The van der Waals surface area contributed by atoms with Gasteiger partial charge in [-0.25, -0.2) is 0 Å². The van der Waals surface area contributed by atoms with Gasteiger partial charge in [0.2, 0.25) is 0 Å². The molecule has 0 radical (unpaired) electrons. The molecule has 2 heteroatoms. The number of hydrogen-bond donors (Lipinski definition) is 0. The normalized spacial score (nSPS) is 25.1. The summed E-state index contributed by atoms with van der Waals surface area (Å²) in [5.41, 5.74) is 0. The second kappa shape index (κ2) is 8.08. The van der Waals surface area contributed by atoms with Gasteiger partial charge in [-0.2, -0.15) is 0 Å². The highest BCUT2D eigenvalue weighted by molar-refractivity contribution is 4.70. The molecular formula is C14H30N2. The molecule has 1 atom stereocenters. The fourth-order valence-electron chi connectivity index (χ4n) is 2.48. The number of nitrogens with zero attached hydrogens (tertiary/aromatic N) is 2. The summed E-state index contributed by atoms with van der Waals surface area (Å²) in [5.74, 6) is 0. The highest BCUT2D eigenvalue weighted by atomic mass is 15.2. The van der Waals surface area contributed by atoms with E-state index in [4.69, 9.17) is 0 Å². The molecule has 0 aliphatic carbocycles. The zero-order valence-corrected chi connectivity index (χ0v) is 11.5. The lowest BCUT2D eigenvalue weighted by Gasteiger charge is -2.30. The van der Waals surface area contributed by atoms with Crippen molar-refractivity contribution in [3.8, 4) is 0 Å². The second-order valence-electron chi connectivity index (χ2n) is 5.34. The first-order valence-corrected chi connectivity index (χ1v) is 7.16. The van der Waals surface area contributed by atoms with Crippen molar-refractivity contribution in [2.24, 2.45) is 0 Å². The first-order chi connectivity index (χ1) is 7.74. The van der Waals surface area contributed by atoms with Crippen molar-refractivity contribution >= 4 is 0 Å². The molecule has 0 aromatic carbocycles. The summed E-state index contributed by atoms with van der Waals surface area (Å²) in [4.78, 5) is 5.12. The lowest BCUT2D eigenvalue weighted by molar-refractivity contribution is 0.174. The van der Waals surface area contributed by atoms with Gasteiger partial charge in [0.05, 0.1) is 0 Å². The van der Waals surface area contributed by atoms with E-state index in [1.165, 1.54) is 64.7 Å². The molecule has 1 unspecified atom stereocenters. The maximum Gasteiger partial charge on any atom is 0.0112 e. The smallest absolute Gasteiger partial charge is 0.0112 e. The molecule has 1 rings (SSSR count). The van der Waals surface area contributed by atoms with E-state index in [0.717, 1.165) is 6.04 Å². The molecule has 0 N–H and O–H groups in total. The van der Waals surface area contributed by atoms with Crippen LogP contribution in [-0.4, -0.2) is 49.1 Å². The van der Waals surface area contributed by atoms with Gasteiger partial charge in [0.1, 0.15) is 0 Å². The van der Waals surface area contributed by atoms with E-state index < -0.39 is 0 Å². The third kappa shape index (κ3) is 5.31. The van der Waals surface area contributed by atoms with E-state index in [9.17, 15) is 0 Å². The Hall–Kier alpha value is -0.0800. The molecule has 0 saturated carbocycles. The number of rotatable bonds is 4. The van der Waals surface area contributed by atoms with Crippen LogP contribution < -0.4 is 0 Å². The molecule has 16 heavy (non-hydrogen) atoms. The summed E-state index contributed by atoms with van der Waals surface area (Å²) in [6, 6.07) is 0.795. The summed E-state index contributed by atoms with van der Waals surface area (Å²) in [6.07, 6.45) is 8.58. The van der Waals surface area contributed by atoms with Crippen molar-refractivity contribution in [2.75, 3.05) is 33.2 Å². The minimum Gasteiger partial charge on any atom is -0.305 e. The van der Waals surface area contributed by atoms with Crippen LogP contribution in [0, 0.1) is 0 Å². The molecule has 2 nitrogen and oxygen atoms in total. The molecular weight excluding hydrogens is 196 g/mol. The Morgan fingerprint density at radius 1 is 1.12 bits per heavy atom. The first kappa shape index (κ1) is 14.0. The van der Waals surface area contributed by atoms with Crippen LogP contribution >= 0.6 is 0 Å². The van der Waals surface area contributed by atoms with Gasteiger partial charge in [-0.1, -0.05) is 32.6 Å². The van der Waals surface area contributed by atoms with Crippen LogP contribution in [0.4, 0.5) is 0 Å². The Bertz CT molecular complexity index is 170. The Kier molecular flexibility index (Phi) is 7.06. The van der Waals surface area contributed by atoms with E-state index in [2.05, 4.69) is 30.7 Å². The summed E-state index contributed by atoms with van der Waals surface area (Å²) in [7, 11) is 2.22. The third-order valence-corrected chi connectivity index (χ3v) is 4.00. The molecule has 0 spiro atoms. The first-order valence-electron chi connectivity index (χ1n) is 7.16. The molecule has 0 aromatic rings. The van der Waals surface area contributed by atoms with Crippen molar-refractivity contribution in [1.82, 2.24) is 9.80 Å². The zero-order chi connectivity index (χ0) is 11.8. The van der Waals surface area contributed by atoms with Crippen molar-refractivity contribution in [3.05, 3.63) is 0 Å². The number of hydrogen-bond acceptors (Lipinski definition) is 2. The SMILES string of the molecule is CCN(C)CCN1CCCCCCCC1C. The summed E-state index contributed by atoms with van der Waals surface area (Å²) < 4.78 is 0. The summed E-state index contributed by atoms with van der Waals surface area (Å²) in [6.45, 7) is 9.62. The van der Waals surface area contributed by atoms with Crippen LogP contribution in [0.2, 0.25) is 0 Å². The predicted molar refractivity (Wildman–Crippen MR) is 71.9 cm³/mol.